The lowest BCUT2D eigenvalue weighted by Crippen LogP contribution is -2.48. The molecule has 1 heterocycles. The first-order valence-corrected chi connectivity index (χ1v) is 11.1. The molecule has 0 spiro atoms. The highest BCUT2D eigenvalue weighted by Gasteiger charge is 2.31. The topological polar surface area (TPSA) is 40.6 Å². The van der Waals surface area contributed by atoms with E-state index < -0.39 is 10.0 Å². The average Bonchev–Trinajstić information content (AvgIpc) is 2.57. The summed E-state index contributed by atoms with van der Waals surface area (Å²) in [5.74, 6) is 0. The molecule has 0 aliphatic carbocycles. The van der Waals surface area contributed by atoms with Crippen LogP contribution in [0.2, 0.25) is 10.0 Å². The number of nitrogens with zero attached hydrogens (tertiary/aromatic N) is 2. The monoisotopic (exact) mass is 426 g/mol. The van der Waals surface area contributed by atoms with Gasteiger partial charge in [-0.05, 0) is 44.0 Å². The second-order valence-electron chi connectivity index (χ2n) is 7.11. The fourth-order valence-electron chi connectivity index (χ4n) is 3.74. The van der Waals surface area contributed by atoms with Gasteiger partial charge in [0.2, 0.25) is 10.0 Å². The van der Waals surface area contributed by atoms with Crippen LogP contribution >= 0.6 is 23.2 Å². The Hall–Kier alpha value is -1.11. The molecule has 0 radical (unpaired) electrons. The number of aryl methyl sites for hydroxylation is 3. The van der Waals surface area contributed by atoms with Crippen LogP contribution in [0.3, 0.4) is 0 Å². The average molecular weight is 427 g/mol. The van der Waals surface area contributed by atoms with Crippen molar-refractivity contribution in [2.75, 3.05) is 26.2 Å². The van der Waals surface area contributed by atoms with Crippen LogP contribution in [0, 0.1) is 20.8 Å². The second-order valence-corrected chi connectivity index (χ2v) is 9.80. The van der Waals surface area contributed by atoms with Crippen molar-refractivity contribution >= 4 is 33.2 Å². The van der Waals surface area contributed by atoms with Gasteiger partial charge in [0.25, 0.3) is 0 Å². The fourth-order valence-corrected chi connectivity index (χ4v) is 6.09. The van der Waals surface area contributed by atoms with Gasteiger partial charge in [-0.1, -0.05) is 47.0 Å². The van der Waals surface area contributed by atoms with Gasteiger partial charge in [0.15, 0.2) is 0 Å². The van der Waals surface area contributed by atoms with Crippen molar-refractivity contribution in [3.8, 4) is 0 Å². The second kappa shape index (κ2) is 8.10. The summed E-state index contributed by atoms with van der Waals surface area (Å²) in [7, 11) is -3.50. The molecule has 1 fully saturated rings. The maximum atomic E-state index is 13.2. The predicted octanol–water partition coefficient (Wildman–Crippen LogP) is 4.43. The molecule has 0 amide bonds. The van der Waals surface area contributed by atoms with E-state index in [1.807, 2.05) is 51.1 Å². The first-order valence-electron chi connectivity index (χ1n) is 8.93. The lowest BCUT2D eigenvalue weighted by atomic mass is 10.1. The zero-order valence-corrected chi connectivity index (χ0v) is 18.1. The third-order valence-corrected chi connectivity index (χ3v) is 7.89. The molecule has 0 unspecified atom stereocenters. The van der Waals surface area contributed by atoms with Gasteiger partial charge >= 0.3 is 0 Å². The summed E-state index contributed by atoms with van der Waals surface area (Å²) in [6.07, 6.45) is 0. The third kappa shape index (κ3) is 4.33. The van der Waals surface area contributed by atoms with Crippen LogP contribution in [-0.2, 0) is 16.6 Å². The van der Waals surface area contributed by atoms with Crippen LogP contribution < -0.4 is 0 Å². The lowest BCUT2D eigenvalue weighted by molar-refractivity contribution is 0.181. The molecular weight excluding hydrogens is 403 g/mol. The summed E-state index contributed by atoms with van der Waals surface area (Å²) >= 11 is 12.5. The Morgan fingerprint density at radius 3 is 1.96 bits per heavy atom. The molecule has 3 rings (SSSR count). The molecule has 0 aromatic heterocycles. The van der Waals surface area contributed by atoms with E-state index in [0.717, 1.165) is 22.3 Å². The molecule has 1 aliphatic heterocycles. The van der Waals surface area contributed by atoms with E-state index in [1.165, 1.54) is 0 Å². The summed E-state index contributed by atoms with van der Waals surface area (Å²) < 4.78 is 27.9. The number of hydrogen-bond acceptors (Lipinski definition) is 3. The minimum Gasteiger partial charge on any atom is -0.296 e. The SMILES string of the molecule is Cc1cc(C)c(S(=O)(=O)N2CCN(Cc3c(Cl)cccc3Cl)CC2)c(C)c1. The van der Waals surface area contributed by atoms with E-state index in [-0.39, 0.29) is 0 Å². The van der Waals surface area contributed by atoms with Crippen molar-refractivity contribution in [2.45, 2.75) is 32.2 Å². The highest BCUT2D eigenvalue weighted by molar-refractivity contribution is 7.89. The highest BCUT2D eigenvalue weighted by Crippen LogP contribution is 2.28. The minimum atomic E-state index is -3.50. The van der Waals surface area contributed by atoms with Crippen molar-refractivity contribution in [3.63, 3.8) is 0 Å². The zero-order valence-electron chi connectivity index (χ0n) is 15.8. The van der Waals surface area contributed by atoms with Crippen molar-refractivity contribution < 1.29 is 8.42 Å². The van der Waals surface area contributed by atoms with Crippen molar-refractivity contribution in [3.05, 3.63) is 62.6 Å². The number of piperazine rings is 1. The molecule has 0 N–H and O–H groups in total. The van der Waals surface area contributed by atoms with Gasteiger partial charge in [-0.25, -0.2) is 8.42 Å². The molecule has 2 aromatic carbocycles. The van der Waals surface area contributed by atoms with E-state index in [1.54, 1.807) is 4.31 Å². The molecule has 0 saturated carbocycles. The molecule has 7 heteroatoms. The number of rotatable bonds is 4. The minimum absolute atomic E-state index is 0.440. The molecule has 0 bridgehead atoms. The van der Waals surface area contributed by atoms with E-state index in [4.69, 9.17) is 23.2 Å². The van der Waals surface area contributed by atoms with Crippen LogP contribution in [0.15, 0.2) is 35.2 Å². The van der Waals surface area contributed by atoms with Crippen molar-refractivity contribution in [1.29, 1.82) is 0 Å². The Labute approximate surface area is 171 Å². The van der Waals surface area contributed by atoms with Gasteiger partial charge in [0, 0.05) is 48.3 Å². The van der Waals surface area contributed by atoms with E-state index in [0.29, 0.717) is 47.7 Å². The van der Waals surface area contributed by atoms with Crippen LogP contribution in [-0.4, -0.2) is 43.8 Å². The van der Waals surface area contributed by atoms with Crippen LogP contribution in [0.5, 0.6) is 0 Å². The van der Waals surface area contributed by atoms with Crippen molar-refractivity contribution in [2.24, 2.45) is 0 Å². The Kier molecular flexibility index (Phi) is 6.18. The zero-order chi connectivity index (χ0) is 19.8. The number of hydrogen-bond donors (Lipinski definition) is 0. The maximum Gasteiger partial charge on any atom is 0.243 e. The molecule has 27 heavy (non-hydrogen) atoms. The van der Waals surface area contributed by atoms with E-state index in [9.17, 15) is 8.42 Å². The molecule has 0 atom stereocenters. The van der Waals surface area contributed by atoms with E-state index >= 15 is 0 Å². The van der Waals surface area contributed by atoms with Crippen LogP contribution in [0.25, 0.3) is 0 Å². The Bertz CT molecular complexity index is 909. The standard InChI is InChI=1S/C20H24Cl2N2O2S/c1-14-11-15(2)20(16(3)12-14)27(25,26)24-9-7-23(8-10-24)13-17-18(21)5-4-6-19(17)22/h4-6,11-12H,7-10,13H2,1-3H3. The normalized spacial score (nSPS) is 16.6. The van der Waals surface area contributed by atoms with Crippen LogP contribution in [0.1, 0.15) is 22.3 Å². The molecule has 1 saturated heterocycles. The Balaban J connectivity index is 1.74. The molecular formula is C20H24Cl2N2O2S. The number of benzene rings is 2. The molecule has 4 nitrogen and oxygen atoms in total. The van der Waals surface area contributed by atoms with E-state index in [2.05, 4.69) is 4.90 Å². The molecule has 1 aliphatic rings. The first-order chi connectivity index (χ1) is 12.7. The van der Waals surface area contributed by atoms with Gasteiger partial charge in [-0.2, -0.15) is 4.31 Å². The van der Waals surface area contributed by atoms with Gasteiger partial charge in [-0.3, -0.25) is 4.90 Å². The van der Waals surface area contributed by atoms with Crippen LogP contribution in [0.4, 0.5) is 0 Å². The van der Waals surface area contributed by atoms with Crippen molar-refractivity contribution in [1.82, 2.24) is 9.21 Å². The maximum absolute atomic E-state index is 13.2. The fraction of sp³-hybridized carbons (Fsp3) is 0.400. The largest absolute Gasteiger partial charge is 0.296 e. The first kappa shape index (κ1) is 20.6. The highest BCUT2D eigenvalue weighted by atomic mass is 35.5. The quantitative estimate of drug-likeness (QED) is 0.725. The summed E-state index contributed by atoms with van der Waals surface area (Å²) in [6, 6.07) is 9.33. The number of halogens is 2. The smallest absolute Gasteiger partial charge is 0.243 e. The summed E-state index contributed by atoms with van der Waals surface area (Å²) in [6.45, 7) is 8.53. The van der Waals surface area contributed by atoms with Gasteiger partial charge in [-0.15, -0.1) is 0 Å². The van der Waals surface area contributed by atoms with Gasteiger partial charge in [0.05, 0.1) is 4.90 Å². The Morgan fingerprint density at radius 1 is 0.926 bits per heavy atom. The summed E-state index contributed by atoms with van der Waals surface area (Å²) in [5.41, 5.74) is 3.57. The van der Waals surface area contributed by atoms with Gasteiger partial charge in [0.1, 0.15) is 0 Å². The Morgan fingerprint density at radius 2 is 1.44 bits per heavy atom. The number of sulfonamides is 1. The lowest BCUT2D eigenvalue weighted by Gasteiger charge is -2.34. The molecule has 146 valence electrons. The summed E-state index contributed by atoms with van der Waals surface area (Å²) in [4.78, 5) is 2.63. The summed E-state index contributed by atoms with van der Waals surface area (Å²) in [5, 5.41) is 1.28. The third-order valence-electron chi connectivity index (χ3n) is 4.98. The molecule has 2 aromatic rings. The van der Waals surface area contributed by atoms with Gasteiger partial charge < -0.3 is 0 Å². The predicted molar refractivity (Wildman–Crippen MR) is 111 cm³/mol.